The van der Waals surface area contributed by atoms with E-state index in [9.17, 15) is 43.5 Å². The Hall–Kier alpha value is -9.00. The Kier molecular flexibility index (Phi) is 27.3. The number of aromatic hydroxyl groups is 1. The fraction of sp³-hybridized carbons (Fsp3) is 0.338. The number of nitrogens with one attached hydrogen (secondary N) is 1. The molecule has 5 aliphatic heterocycles. The van der Waals surface area contributed by atoms with E-state index in [1.807, 2.05) is 155 Å². The zero-order valence-electron chi connectivity index (χ0n) is 58.9. The number of imide groups is 1. The second-order valence-corrected chi connectivity index (χ2v) is 31.3. The minimum atomic E-state index is -0.459. The molecule has 4 saturated heterocycles. The van der Waals surface area contributed by atoms with Gasteiger partial charge >= 0.3 is 0 Å². The first-order valence-corrected chi connectivity index (χ1v) is 38.1. The first kappa shape index (κ1) is 77.6. The SMILES string of the molecule is CCc1ccc(CCOc2ccc(CC3SC(=O)CC3=O)cc2)nc1.CN(CCOc1ccc(CC2SC(=O)CC2=O)cc1)c1ccccn1.Cc1c(C)c2c(c(C)c1O)CCC(C)(COc1ccc(CC3SC(=O)CC3=O)cc1)O2.Cc1cnc(Oc2ccc(CC3SC(=O)NC3=O)cc2)c(Cl)c1. The second-order valence-electron chi connectivity index (χ2n) is 26.0. The summed E-state index contributed by atoms with van der Waals surface area (Å²) in [5.74, 6) is 5.29. The number of Topliss-reactive ketones (excluding diaryl/α,β-unsaturated/α-hetero) is 3. The van der Waals surface area contributed by atoms with Crippen LogP contribution in [0, 0.1) is 27.7 Å². The molecule has 0 bridgehead atoms. The quantitative estimate of drug-likeness (QED) is 0.0564. The lowest BCUT2D eigenvalue weighted by Gasteiger charge is -2.37. The van der Waals surface area contributed by atoms with Gasteiger partial charge in [-0.2, -0.15) is 0 Å². The minimum absolute atomic E-state index is 0.0180. The van der Waals surface area contributed by atoms with Gasteiger partial charge in [0.2, 0.25) is 11.8 Å². The number of carbonyl (C=O) groups excluding carboxylic acids is 8. The van der Waals surface area contributed by atoms with Gasteiger partial charge in [-0.1, -0.05) is 126 Å². The maximum absolute atomic E-state index is 11.8. The molecule has 5 atom stereocenters. The monoisotopic (exact) mass is 1500 g/mol. The lowest BCUT2D eigenvalue weighted by Crippen LogP contribution is -2.42. The van der Waals surface area contributed by atoms with Crippen molar-refractivity contribution in [2.24, 2.45) is 0 Å². The van der Waals surface area contributed by atoms with Crippen molar-refractivity contribution in [3.63, 3.8) is 0 Å². The van der Waals surface area contributed by atoms with Crippen LogP contribution in [-0.2, 0) is 78.5 Å². The third kappa shape index (κ3) is 22.0. The maximum atomic E-state index is 11.8. The number of phenolic OH excluding ortho intramolecular Hbond substituents is 1. The molecule has 5 aromatic carbocycles. The van der Waals surface area contributed by atoms with E-state index in [1.54, 1.807) is 30.6 Å². The van der Waals surface area contributed by atoms with Gasteiger partial charge in [-0.25, -0.2) is 9.97 Å². The number of fused-ring (bicyclic) bond motifs is 1. The Balaban J connectivity index is 0.000000150. The first-order chi connectivity index (χ1) is 49.9. The molecule has 0 spiro atoms. The normalized spacial score (nSPS) is 18.8. The predicted molar refractivity (Wildman–Crippen MR) is 409 cm³/mol. The van der Waals surface area contributed by atoms with Crippen molar-refractivity contribution in [3.05, 3.63) is 218 Å². The Morgan fingerprint density at radius 1 is 0.587 bits per heavy atom. The third-order valence-electron chi connectivity index (χ3n) is 18.0. The molecular formula is C80H82ClN5O14S4. The summed E-state index contributed by atoms with van der Waals surface area (Å²) in [5, 5.41) is 11.6. The summed E-state index contributed by atoms with van der Waals surface area (Å²) in [7, 11) is 1.98. The van der Waals surface area contributed by atoms with Gasteiger partial charge in [0, 0.05) is 43.3 Å². The van der Waals surface area contributed by atoms with Crippen molar-refractivity contribution in [1.82, 2.24) is 20.3 Å². The van der Waals surface area contributed by atoms with E-state index in [2.05, 4.69) is 40.2 Å². The number of aryl methyl sites for hydroxylation is 2. The Bertz CT molecular complexity index is 4400. The lowest BCUT2D eigenvalue weighted by molar-refractivity contribution is -0.122. The van der Waals surface area contributed by atoms with E-state index < -0.39 is 5.60 Å². The van der Waals surface area contributed by atoms with Crippen molar-refractivity contribution in [1.29, 1.82) is 0 Å². The van der Waals surface area contributed by atoms with Gasteiger partial charge in [-0.15, -0.1) is 0 Å². The van der Waals surface area contributed by atoms with E-state index in [0.29, 0.717) is 67.9 Å². The number of pyridine rings is 3. The summed E-state index contributed by atoms with van der Waals surface area (Å²) in [6, 6.07) is 42.2. The molecule has 13 rings (SSSR count). The van der Waals surface area contributed by atoms with Gasteiger partial charge in [0.15, 0.2) is 32.7 Å². The predicted octanol–water partition coefficient (Wildman–Crippen LogP) is 14.5. The molecule has 8 aromatic rings. The largest absolute Gasteiger partial charge is 0.507 e. The van der Waals surface area contributed by atoms with Gasteiger partial charge < -0.3 is 33.7 Å². The highest BCUT2D eigenvalue weighted by molar-refractivity contribution is 8.16. The molecule has 4 fully saturated rings. The Morgan fingerprint density at radius 3 is 1.56 bits per heavy atom. The summed E-state index contributed by atoms with van der Waals surface area (Å²) in [6.45, 7) is 14.2. The minimum Gasteiger partial charge on any atom is -0.507 e. The Morgan fingerprint density at radius 2 is 1.10 bits per heavy atom. The van der Waals surface area contributed by atoms with Crippen LogP contribution in [0.1, 0.15) is 101 Å². The van der Waals surface area contributed by atoms with Crippen LogP contribution in [0.4, 0.5) is 10.6 Å². The van der Waals surface area contributed by atoms with E-state index in [4.69, 9.17) is 35.3 Å². The molecule has 2 amide bonds. The fourth-order valence-corrected chi connectivity index (χ4v) is 15.9. The number of anilines is 1. The summed E-state index contributed by atoms with van der Waals surface area (Å²) in [4.78, 5) is 107. The van der Waals surface area contributed by atoms with Crippen LogP contribution in [0.5, 0.6) is 40.4 Å². The van der Waals surface area contributed by atoms with Crippen LogP contribution < -0.4 is 33.9 Å². The molecule has 0 radical (unpaired) electrons. The number of carbonyl (C=O) groups is 8. The van der Waals surface area contributed by atoms with Gasteiger partial charge in [-0.05, 0) is 202 Å². The zero-order chi connectivity index (χ0) is 74.0. The molecule has 5 aliphatic rings. The van der Waals surface area contributed by atoms with E-state index in [1.165, 1.54) is 5.56 Å². The molecule has 3 aromatic heterocycles. The summed E-state index contributed by atoms with van der Waals surface area (Å²) in [5.41, 5.74) is 10.6. The number of likely N-dealkylation sites (N-methyl/N-ethyl adjacent to an activating group) is 1. The van der Waals surface area contributed by atoms with Crippen LogP contribution in [0.25, 0.3) is 0 Å². The average Bonchev–Trinajstić information content (AvgIpc) is 0.986. The van der Waals surface area contributed by atoms with Crippen molar-refractivity contribution in [2.45, 2.75) is 139 Å². The molecule has 24 heteroatoms. The molecule has 542 valence electrons. The topological polar surface area (TPSA) is 257 Å². The molecular weight excluding hydrogens is 1420 g/mol. The second kappa shape index (κ2) is 36.6. The number of hydrogen-bond donors (Lipinski definition) is 2. The number of phenols is 1. The lowest BCUT2D eigenvalue weighted by atomic mass is 9.87. The van der Waals surface area contributed by atoms with Crippen molar-refractivity contribution in [2.75, 3.05) is 38.3 Å². The number of amides is 2. The van der Waals surface area contributed by atoms with Gasteiger partial charge in [0.05, 0.1) is 53.4 Å². The average molecular weight is 1500 g/mol. The van der Waals surface area contributed by atoms with E-state index in [0.717, 1.165) is 164 Å². The number of ketones is 3. The van der Waals surface area contributed by atoms with Crippen LogP contribution in [0.15, 0.2) is 152 Å². The number of aromatic nitrogens is 3. The smallest absolute Gasteiger partial charge is 0.286 e. The van der Waals surface area contributed by atoms with Gasteiger partial charge in [0.1, 0.15) is 64.2 Å². The number of hydrogen-bond acceptors (Lipinski definition) is 22. The number of thioether (sulfide) groups is 4. The van der Waals surface area contributed by atoms with Crippen molar-refractivity contribution in [3.8, 4) is 40.4 Å². The summed E-state index contributed by atoms with van der Waals surface area (Å²) >= 11 is 10.6. The molecule has 0 saturated carbocycles. The number of benzene rings is 5. The zero-order valence-corrected chi connectivity index (χ0v) is 62.9. The van der Waals surface area contributed by atoms with Crippen LogP contribution in [-0.4, -0.2) is 124 Å². The van der Waals surface area contributed by atoms with Crippen molar-refractivity contribution < 1.29 is 67.1 Å². The van der Waals surface area contributed by atoms with Crippen molar-refractivity contribution >= 4 is 108 Å². The number of halogens is 1. The molecule has 0 aliphatic carbocycles. The fourth-order valence-electron chi connectivity index (χ4n) is 11.7. The van der Waals surface area contributed by atoms with Crippen LogP contribution in [0.3, 0.4) is 0 Å². The van der Waals surface area contributed by atoms with E-state index in [-0.39, 0.29) is 84.1 Å². The molecule has 19 nitrogen and oxygen atoms in total. The third-order valence-corrected chi connectivity index (χ3v) is 22.6. The molecule has 104 heavy (non-hydrogen) atoms. The highest BCUT2D eigenvalue weighted by Crippen LogP contribution is 2.44. The van der Waals surface area contributed by atoms with Crippen LogP contribution in [0.2, 0.25) is 5.02 Å². The number of ether oxygens (including phenoxy) is 5. The van der Waals surface area contributed by atoms with Gasteiger partial charge in [-0.3, -0.25) is 48.7 Å². The molecule has 2 N–H and O–H groups in total. The summed E-state index contributed by atoms with van der Waals surface area (Å²) in [6.07, 6.45) is 11.2. The molecule has 8 heterocycles. The van der Waals surface area contributed by atoms with Crippen LogP contribution >= 0.6 is 58.6 Å². The summed E-state index contributed by atoms with van der Waals surface area (Å²) < 4.78 is 29.6. The standard InChI is InChI=1S/C25H28O5S.C20H21NO3S.C19H20N2O3S.C16H13ClN2O3S/c1-14-15(2)24-19(16(3)23(14)28)9-10-25(4,30-24)13-29-18-7-5-17(6-8-18)11-21-20(26)12-22(27)31-21;1-2-14-3-6-16(21-13-14)9-10-24-17-7-4-15(5-8-17)11-19-18(22)12-20(23)25-19;1-21(18-4-2-3-9-20-18)10-11-24-15-7-5-14(6-8-15)12-17-16(22)13-19(23)25-17;1-9-6-12(17)15(18-8-9)22-11-4-2-10(3-5-11)7-13-14(20)19-16(21)23-13/h5-8,21,28H,9-13H2,1-4H3;3-8,13,19H,2,9-12H2,1H3;2-9,17H,10-13H2,1H3;2-6,8,13H,7H2,1H3,(H,19,20,21). The number of rotatable bonds is 23. The highest BCUT2D eigenvalue weighted by atomic mass is 35.5. The number of nitrogens with zero attached hydrogens (tertiary/aromatic N) is 4. The Labute approximate surface area is 627 Å². The molecule has 5 unspecified atom stereocenters. The highest BCUT2D eigenvalue weighted by Gasteiger charge is 2.37. The van der Waals surface area contributed by atoms with Gasteiger partial charge in [0.25, 0.3) is 5.24 Å². The first-order valence-electron chi connectivity index (χ1n) is 34.2. The van der Waals surface area contributed by atoms with E-state index >= 15 is 0 Å². The maximum Gasteiger partial charge on any atom is 0.286 e.